The Bertz CT molecular complexity index is 797. The van der Waals surface area contributed by atoms with Crippen LogP contribution in [0, 0.1) is 12.7 Å². The highest BCUT2D eigenvalue weighted by Crippen LogP contribution is 2.36. The van der Waals surface area contributed by atoms with Gasteiger partial charge in [-0.2, -0.15) is 0 Å². The molecule has 108 valence electrons. The molecule has 4 heteroatoms. The Hall–Kier alpha value is -1.58. The van der Waals surface area contributed by atoms with E-state index in [4.69, 9.17) is 11.6 Å². The third-order valence-electron chi connectivity index (χ3n) is 3.58. The molecule has 0 saturated carbocycles. The molecule has 0 aliphatic rings. The third-order valence-corrected chi connectivity index (χ3v) is 5.27. The first-order chi connectivity index (χ1) is 10.1. The molecule has 0 saturated heterocycles. The highest BCUT2D eigenvalue weighted by Gasteiger charge is 2.15. The molecule has 1 heterocycles. The predicted octanol–water partition coefficient (Wildman–Crippen LogP) is 6.18. The van der Waals surface area contributed by atoms with Gasteiger partial charge in [-0.05, 0) is 49.1 Å². The molecule has 1 atom stereocenters. The summed E-state index contributed by atoms with van der Waals surface area (Å²) in [5.74, 6) is -0.326. The maximum atomic E-state index is 13.9. The average Bonchev–Trinajstić information content (AvgIpc) is 2.80. The zero-order valence-corrected chi connectivity index (χ0v) is 13.4. The van der Waals surface area contributed by atoms with E-state index in [0.29, 0.717) is 10.7 Å². The molecule has 0 bridgehead atoms. The molecule has 0 fully saturated rings. The van der Waals surface area contributed by atoms with Gasteiger partial charge in [-0.3, -0.25) is 0 Å². The van der Waals surface area contributed by atoms with Gasteiger partial charge in [-0.1, -0.05) is 29.8 Å². The Morgan fingerprint density at radius 3 is 2.67 bits per heavy atom. The number of halogens is 2. The lowest BCUT2D eigenvalue weighted by atomic mass is 10.1. The van der Waals surface area contributed by atoms with E-state index in [2.05, 4.69) is 24.4 Å². The van der Waals surface area contributed by atoms with Crippen LogP contribution in [0.4, 0.5) is 10.1 Å². The molecule has 3 aromatic rings. The third kappa shape index (κ3) is 2.76. The van der Waals surface area contributed by atoms with E-state index in [1.807, 2.05) is 19.1 Å². The topological polar surface area (TPSA) is 12.0 Å². The van der Waals surface area contributed by atoms with Gasteiger partial charge in [0.15, 0.2) is 0 Å². The molecule has 0 aliphatic carbocycles. The van der Waals surface area contributed by atoms with Crippen LogP contribution in [-0.2, 0) is 0 Å². The Labute approximate surface area is 132 Å². The molecule has 3 rings (SSSR count). The van der Waals surface area contributed by atoms with Crippen molar-refractivity contribution in [2.45, 2.75) is 19.9 Å². The minimum Gasteiger partial charge on any atom is -0.375 e. The summed E-state index contributed by atoms with van der Waals surface area (Å²) in [4.78, 5) is 1.23. The Morgan fingerprint density at radius 1 is 1.19 bits per heavy atom. The number of nitrogens with one attached hydrogen (secondary N) is 1. The van der Waals surface area contributed by atoms with Crippen LogP contribution >= 0.6 is 22.9 Å². The largest absolute Gasteiger partial charge is 0.375 e. The first kappa shape index (κ1) is 14.4. The number of anilines is 1. The van der Waals surface area contributed by atoms with Crippen molar-refractivity contribution < 1.29 is 4.39 Å². The standard InChI is InChI=1S/C17H15ClFNS/c1-10-13-5-3-4-6-16(13)21-17(10)11(2)20-15-8-7-12(18)9-14(15)19/h3-9,11,20H,1-2H3. The highest BCUT2D eigenvalue weighted by atomic mass is 35.5. The molecule has 1 unspecified atom stereocenters. The molecule has 1 N–H and O–H groups in total. The number of thiophene rings is 1. The fourth-order valence-electron chi connectivity index (χ4n) is 2.51. The zero-order valence-electron chi connectivity index (χ0n) is 11.8. The van der Waals surface area contributed by atoms with E-state index < -0.39 is 0 Å². The lowest BCUT2D eigenvalue weighted by Crippen LogP contribution is -2.07. The molecule has 21 heavy (non-hydrogen) atoms. The van der Waals surface area contributed by atoms with E-state index in [1.54, 1.807) is 23.5 Å². The summed E-state index contributed by atoms with van der Waals surface area (Å²) in [6, 6.07) is 13.1. The molecule has 2 aromatic carbocycles. The quantitative estimate of drug-likeness (QED) is 0.608. The van der Waals surface area contributed by atoms with Crippen LogP contribution in [0.2, 0.25) is 5.02 Å². The van der Waals surface area contributed by atoms with Crippen LogP contribution in [0.25, 0.3) is 10.1 Å². The summed E-state index contributed by atoms with van der Waals surface area (Å²) in [5.41, 5.74) is 1.73. The first-order valence-corrected chi connectivity index (χ1v) is 7.95. The molecule has 0 radical (unpaired) electrons. The number of fused-ring (bicyclic) bond motifs is 1. The maximum Gasteiger partial charge on any atom is 0.147 e. The number of aryl methyl sites for hydroxylation is 1. The number of hydrogen-bond donors (Lipinski definition) is 1. The van der Waals surface area contributed by atoms with Crippen LogP contribution in [0.5, 0.6) is 0 Å². The first-order valence-electron chi connectivity index (χ1n) is 6.76. The monoisotopic (exact) mass is 319 g/mol. The van der Waals surface area contributed by atoms with Gasteiger partial charge in [0.1, 0.15) is 5.82 Å². The Balaban J connectivity index is 1.93. The van der Waals surface area contributed by atoms with Crippen molar-refractivity contribution in [2.75, 3.05) is 5.32 Å². The summed E-state index contributed by atoms with van der Waals surface area (Å²) >= 11 is 7.53. The lowest BCUT2D eigenvalue weighted by Gasteiger charge is -2.15. The normalized spacial score (nSPS) is 12.6. The molecular weight excluding hydrogens is 305 g/mol. The second-order valence-electron chi connectivity index (χ2n) is 5.08. The lowest BCUT2D eigenvalue weighted by molar-refractivity contribution is 0.628. The average molecular weight is 320 g/mol. The second kappa shape index (κ2) is 5.66. The van der Waals surface area contributed by atoms with Crippen LogP contribution in [0.1, 0.15) is 23.4 Å². The van der Waals surface area contributed by atoms with Crippen molar-refractivity contribution in [1.29, 1.82) is 0 Å². The van der Waals surface area contributed by atoms with Crippen molar-refractivity contribution in [2.24, 2.45) is 0 Å². The Morgan fingerprint density at radius 2 is 1.95 bits per heavy atom. The summed E-state index contributed by atoms with van der Waals surface area (Å²) < 4.78 is 15.1. The van der Waals surface area contributed by atoms with E-state index >= 15 is 0 Å². The van der Waals surface area contributed by atoms with Gasteiger partial charge < -0.3 is 5.32 Å². The van der Waals surface area contributed by atoms with Gasteiger partial charge in [0.05, 0.1) is 11.7 Å². The van der Waals surface area contributed by atoms with Crippen LogP contribution in [-0.4, -0.2) is 0 Å². The smallest absolute Gasteiger partial charge is 0.147 e. The van der Waals surface area contributed by atoms with Gasteiger partial charge in [0, 0.05) is 14.6 Å². The molecule has 0 amide bonds. The summed E-state index contributed by atoms with van der Waals surface area (Å²) in [6.07, 6.45) is 0. The number of rotatable bonds is 3. The summed E-state index contributed by atoms with van der Waals surface area (Å²) in [7, 11) is 0. The van der Waals surface area contributed by atoms with Crippen molar-refractivity contribution in [1.82, 2.24) is 0 Å². The van der Waals surface area contributed by atoms with Gasteiger partial charge >= 0.3 is 0 Å². The highest BCUT2D eigenvalue weighted by molar-refractivity contribution is 7.19. The van der Waals surface area contributed by atoms with E-state index in [9.17, 15) is 4.39 Å². The van der Waals surface area contributed by atoms with E-state index in [1.165, 1.54) is 26.6 Å². The summed E-state index contributed by atoms with van der Waals surface area (Å²) in [5, 5.41) is 4.90. The van der Waals surface area contributed by atoms with Gasteiger partial charge in [-0.25, -0.2) is 4.39 Å². The fourth-order valence-corrected chi connectivity index (χ4v) is 3.88. The van der Waals surface area contributed by atoms with Crippen molar-refractivity contribution >= 4 is 38.7 Å². The van der Waals surface area contributed by atoms with Crippen LogP contribution in [0.15, 0.2) is 42.5 Å². The molecule has 0 spiro atoms. The van der Waals surface area contributed by atoms with Crippen molar-refractivity contribution in [3.05, 3.63) is 63.7 Å². The maximum absolute atomic E-state index is 13.9. The second-order valence-corrected chi connectivity index (χ2v) is 6.60. The van der Waals surface area contributed by atoms with Gasteiger partial charge in [0.25, 0.3) is 0 Å². The fraction of sp³-hybridized carbons (Fsp3) is 0.176. The predicted molar refractivity (Wildman–Crippen MR) is 90.0 cm³/mol. The molecular formula is C17H15ClFNS. The Kier molecular flexibility index (Phi) is 3.87. The summed E-state index contributed by atoms with van der Waals surface area (Å²) in [6.45, 7) is 4.16. The van der Waals surface area contributed by atoms with Crippen molar-refractivity contribution in [3.8, 4) is 0 Å². The zero-order chi connectivity index (χ0) is 15.0. The SMILES string of the molecule is Cc1c(C(C)Nc2ccc(Cl)cc2F)sc2ccccc12. The minimum absolute atomic E-state index is 0.0399. The van der Waals surface area contributed by atoms with Crippen LogP contribution in [0.3, 0.4) is 0 Å². The van der Waals surface area contributed by atoms with Gasteiger partial charge in [0.2, 0.25) is 0 Å². The molecule has 0 aliphatic heterocycles. The molecule has 1 aromatic heterocycles. The number of hydrogen-bond acceptors (Lipinski definition) is 2. The van der Waals surface area contributed by atoms with E-state index in [-0.39, 0.29) is 11.9 Å². The minimum atomic E-state index is -0.326. The number of benzene rings is 2. The van der Waals surface area contributed by atoms with Crippen molar-refractivity contribution in [3.63, 3.8) is 0 Å². The molecule has 1 nitrogen and oxygen atoms in total. The van der Waals surface area contributed by atoms with Crippen LogP contribution < -0.4 is 5.32 Å². The van der Waals surface area contributed by atoms with E-state index in [0.717, 1.165) is 0 Å². The van der Waals surface area contributed by atoms with Gasteiger partial charge in [-0.15, -0.1) is 11.3 Å².